The smallest absolute Gasteiger partial charge is 0.240 e. The van der Waals surface area contributed by atoms with Gasteiger partial charge in [-0.1, -0.05) is 32.9 Å². The van der Waals surface area contributed by atoms with E-state index < -0.39 is 0 Å². The molecule has 8 heteroatoms. The highest BCUT2D eigenvalue weighted by molar-refractivity contribution is 6.99. The quantitative estimate of drug-likeness (QED) is 0.494. The Bertz CT molecular complexity index is 772. The van der Waals surface area contributed by atoms with Gasteiger partial charge in [-0.05, 0) is 35.2 Å². The summed E-state index contributed by atoms with van der Waals surface area (Å²) in [4.78, 5) is 9.55. The molecule has 0 unspecified atom stereocenters. The van der Waals surface area contributed by atoms with E-state index in [1.54, 1.807) is 7.11 Å². The maximum atomic E-state index is 5.08. The summed E-state index contributed by atoms with van der Waals surface area (Å²) in [5, 5.41) is 7.60. The van der Waals surface area contributed by atoms with E-state index in [2.05, 4.69) is 74.1 Å². The van der Waals surface area contributed by atoms with E-state index in [0.717, 1.165) is 49.3 Å². The molecule has 0 bridgehead atoms. The Labute approximate surface area is 165 Å². The zero-order valence-electron chi connectivity index (χ0n) is 16.7. The van der Waals surface area contributed by atoms with Gasteiger partial charge in [-0.2, -0.15) is 8.75 Å². The summed E-state index contributed by atoms with van der Waals surface area (Å²) in [5.41, 5.74) is 3.44. The molecule has 27 heavy (non-hydrogen) atoms. The second-order valence-electron chi connectivity index (χ2n) is 7.70. The molecule has 1 aromatic heterocycles. The molecule has 146 valence electrons. The lowest BCUT2D eigenvalue weighted by Gasteiger charge is -2.36. The number of benzene rings is 1. The zero-order valence-corrected chi connectivity index (χ0v) is 17.5. The Hall–Kier alpha value is -2.35. The Kier molecular flexibility index (Phi) is 5.84. The molecule has 2 heterocycles. The fraction of sp³-hybridized carbons (Fsp3) is 0.526. The molecule has 7 nitrogen and oxygen atoms in total. The predicted octanol–water partition coefficient (Wildman–Crippen LogP) is 3.30. The number of hydrogen-bond donors (Lipinski definition) is 1. The minimum Gasteiger partial charge on any atom is -0.396 e. The molecule has 0 spiro atoms. The van der Waals surface area contributed by atoms with E-state index in [1.807, 2.05) is 6.92 Å². The number of nitrogens with zero attached hydrogens (tertiary/aromatic N) is 5. The van der Waals surface area contributed by atoms with Crippen LogP contribution in [0.25, 0.3) is 0 Å². The summed E-state index contributed by atoms with van der Waals surface area (Å²) >= 11 is 1.27. The minimum absolute atomic E-state index is 0.140. The first kappa shape index (κ1) is 19.4. The van der Waals surface area contributed by atoms with Crippen molar-refractivity contribution in [3.05, 3.63) is 35.5 Å². The van der Waals surface area contributed by atoms with E-state index in [0.29, 0.717) is 0 Å². The van der Waals surface area contributed by atoms with Crippen molar-refractivity contribution in [2.75, 3.05) is 43.5 Å². The minimum atomic E-state index is 0.140. The van der Waals surface area contributed by atoms with Gasteiger partial charge in [0.2, 0.25) is 5.96 Å². The topological polar surface area (TPSA) is 65.9 Å². The van der Waals surface area contributed by atoms with Gasteiger partial charge < -0.3 is 20.0 Å². The standard InChI is InChI=1S/C19H28N6OS/c1-14-17(23-27-22-14)24-10-12-25(13-11-24)18(21-26-5)20-16-8-6-15(7-9-16)19(2,3)4/h6-9H,10-13H2,1-5H3,(H,20,21). The summed E-state index contributed by atoms with van der Waals surface area (Å²) in [6.45, 7) is 12.1. The lowest BCUT2D eigenvalue weighted by Crippen LogP contribution is -2.51. The number of hydrogen-bond acceptors (Lipinski definition) is 6. The molecule has 1 aromatic carbocycles. The van der Waals surface area contributed by atoms with Crippen LogP contribution in [-0.2, 0) is 10.3 Å². The monoisotopic (exact) mass is 388 g/mol. The van der Waals surface area contributed by atoms with Gasteiger partial charge in [0, 0.05) is 31.9 Å². The van der Waals surface area contributed by atoms with E-state index in [1.165, 1.54) is 17.3 Å². The lowest BCUT2D eigenvalue weighted by molar-refractivity contribution is 0.204. The van der Waals surface area contributed by atoms with Crippen LogP contribution in [0.3, 0.4) is 0 Å². The second-order valence-corrected chi connectivity index (χ2v) is 8.23. The van der Waals surface area contributed by atoms with Gasteiger partial charge in [-0.3, -0.25) is 0 Å². The van der Waals surface area contributed by atoms with Gasteiger partial charge >= 0.3 is 0 Å². The number of rotatable bonds is 3. The van der Waals surface area contributed by atoms with Crippen LogP contribution in [-0.4, -0.2) is 52.9 Å². The molecular formula is C19H28N6OS. The third kappa shape index (κ3) is 4.68. The average molecular weight is 389 g/mol. The van der Waals surface area contributed by atoms with Crippen molar-refractivity contribution in [2.24, 2.45) is 5.16 Å². The average Bonchev–Trinajstić information content (AvgIpc) is 3.07. The second kappa shape index (κ2) is 8.12. The van der Waals surface area contributed by atoms with Crippen molar-refractivity contribution in [3.63, 3.8) is 0 Å². The number of aryl methyl sites for hydroxylation is 1. The lowest BCUT2D eigenvalue weighted by atomic mass is 9.87. The van der Waals surface area contributed by atoms with E-state index in [4.69, 9.17) is 4.84 Å². The maximum Gasteiger partial charge on any atom is 0.240 e. The third-order valence-electron chi connectivity index (χ3n) is 4.69. The van der Waals surface area contributed by atoms with Crippen LogP contribution in [0.15, 0.2) is 29.4 Å². The van der Waals surface area contributed by atoms with Crippen LogP contribution >= 0.6 is 11.7 Å². The van der Waals surface area contributed by atoms with Crippen molar-refractivity contribution in [1.82, 2.24) is 13.6 Å². The highest BCUT2D eigenvalue weighted by Gasteiger charge is 2.23. The molecule has 1 fully saturated rings. The molecule has 1 aliphatic heterocycles. The van der Waals surface area contributed by atoms with Crippen molar-refractivity contribution < 1.29 is 4.84 Å². The molecule has 1 aliphatic rings. The first-order chi connectivity index (χ1) is 12.9. The predicted molar refractivity (Wildman–Crippen MR) is 112 cm³/mol. The summed E-state index contributed by atoms with van der Waals surface area (Å²) in [6, 6.07) is 8.49. The number of oxime groups is 1. The molecule has 0 atom stereocenters. The van der Waals surface area contributed by atoms with Crippen molar-refractivity contribution in [1.29, 1.82) is 0 Å². The fourth-order valence-corrected chi connectivity index (χ4v) is 3.64. The van der Waals surface area contributed by atoms with Crippen LogP contribution in [0.4, 0.5) is 11.5 Å². The molecule has 3 rings (SSSR count). The zero-order chi connectivity index (χ0) is 19.4. The van der Waals surface area contributed by atoms with E-state index in [9.17, 15) is 0 Å². The molecule has 2 aromatic rings. The third-order valence-corrected chi connectivity index (χ3v) is 5.30. The van der Waals surface area contributed by atoms with Crippen LogP contribution < -0.4 is 10.2 Å². The van der Waals surface area contributed by atoms with Crippen LogP contribution in [0.2, 0.25) is 0 Å². The Morgan fingerprint density at radius 1 is 1.11 bits per heavy atom. The van der Waals surface area contributed by atoms with Gasteiger partial charge in [0.15, 0.2) is 5.82 Å². The van der Waals surface area contributed by atoms with Gasteiger partial charge in [0.05, 0.1) is 17.4 Å². The number of piperazine rings is 1. The first-order valence-corrected chi connectivity index (χ1v) is 9.89. The normalized spacial score (nSPS) is 15.8. The van der Waals surface area contributed by atoms with Gasteiger partial charge in [-0.15, -0.1) is 0 Å². The summed E-state index contributed by atoms with van der Waals surface area (Å²) < 4.78 is 8.68. The summed E-state index contributed by atoms with van der Waals surface area (Å²) in [7, 11) is 1.57. The van der Waals surface area contributed by atoms with Gasteiger partial charge in [0.25, 0.3) is 0 Å². The largest absolute Gasteiger partial charge is 0.396 e. The van der Waals surface area contributed by atoms with Gasteiger partial charge in [0.1, 0.15) is 7.11 Å². The van der Waals surface area contributed by atoms with Crippen LogP contribution in [0.5, 0.6) is 0 Å². The number of anilines is 2. The van der Waals surface area contributed by atoms with Crippen LogP contribution in [0.1, 0.15) is 32.0 Å². The number of nitrogens with one attached hydrogen (secondary N) is 1. The first-order valence-electron chi connectivity index (χ1n) is 9.16. The summed E-state index contributed by atoms with van der Waals surface area (Å²) in [5.74, 6) is 1.73. The van der Waals surface area contributed by atoms with E-state index >= 15 is 0 Å². The molecule has 0 radical (unpaired) electrons. The molecule has 0 saturated carbocycles. The molecule has 0 amide bonds. The van der Waals surface area contributed by atoms with E-state index in [-0.39, 0.29) is 5.41 Å². The molecular weight excluding hydrogens is 360 g/mol. The number of guanidine groups is 1. The number of aromatic nitrogens is 2. The van der Waals surface area contributed by atoms with Crippen molar-refractivity contribution in [3.8, 4) is 0 Å². The summed E-state index contributed by atoms with van der Waals surface area (Å²) in [6.07, 6.45) is 0. The highest BCUT2D eigenvalue weighted by atomic mass is 32.1. The fourth-order valence-electron chi connectivity index (χ4n) is 3.07. The van der Waals surface area contributed by atoms with Gasteiger partial charge in [-0.25, -0.2) is 0 Å². The maximum absolute atomic E-state index is 5.08. The van der Waals surface area contributed by atoms with Crippen LogP contribution in [0, 0.1) is 6.92 Å². The molecule has 1 saturated heterocycles. The highest BCUT2D eigenvalue weighted by Crippen LogP contribution is 2.24. The Morgan fingerprint density at radius 3 is 2.30 bits per heavy atom. The Balaban J connectivity index is 1.65. The molecule has 0 aliphatic carbocycles. The Morgan fingerprint density at radius 2 is 1.78 bits per heavy atom. The molecule has 1 N–H and O–H groups in total. The van der Waals surface area contributed by atoms with Crippen molar-refractivity contribution in [2.45, 2.75) is 33.1 Å². The SMILES string of the molecule is CO/N=C(/Nc1ccc(C(C)(C)C)cc1)N1CCN(c2nsnc2C)CC1. The van der Waals surface area contributed by atoms with Crippen molar-refractivity contribution >= 4 is 29.2 Å².